The molecular formula is C18H22ClFN4O2. The van der Waals surface area contributed by atoms with E-state index in [0.29, 0.717) is 25.0 Å². The first-order valence-electron chi connectivity index (χ1n) is 8.38. The summed E-state index contributed by atoms with van der Waals surface area (Å²) in [5.41, 5.74) is 0.775. The Morgan fingerprint density at radius 1 is 1.19 bits per heavy atom. The number of halogens is 2. The quantitative estimate of drug-likeness (QED) is 0.859. The van der Waals surface area contributed by atoms with Crippen LogP contribution in [0.3, 0.4) is 0 Å². The van der Waals surface area contributed by atoms with Gasteiger partial charge in [-0.2, -0.15) is 0 Å². The molecule has 0 aliphatic carbocycles. The zero-order chi connectivity index (χ0) is 17.5. The maximum atomic E-state index is 12.9. The van der Waals surface area contributed by atoms with Gasteiger partial charge in [-0.1, -0.05) is 12.1 Å². The number of hydrogen-bond donors (Lipinski definition) is 1. The smallest absolute Gasteiger partial charge is 0.410 e. The molecule has 2 heterocycles. The van der Waals surface area contributed by atoms with E-state index in [2.05, 4.69) is 15.3 Å². The second-order valence-corrected chi connectivity index (χ2v) is 6.06. The summed E-state index contributed by atoms with van der Waals surface area (Å²) >= 11 is 0. The van der Waals surface area contributed by atoms with E-state index in [9.17, 15) is 9.18 Å². The summed E-state index contributed by atoms with van der Waals surface area (Å²) in [4.78, 5) is 22.1. The number of carbonyl (C=O) groups excluding carboxylic acids is 1. The van der Waals surface area contributed by atoms with Gasteiger partial charge in [0.2, 0.25) is 5.95 Å². The van der Waals surface area contributed by atoms with Crippen LogP contribution in [0.15, 0.2) is 42.7 Å². The number of nitrogens with one attached hydrogen (secondary N) is 1. The van der Waals surface area contributed by atoms with Crippen LogP contribution in [0.5, 0.6) is 0 Å². The molecule has 1 aliphatic heterocycles. The highest BCUT2D eigenvalue weighted by Gasteiger charge is 2.23. The van der Waals surface area contributed by atoms with Gasteiger partial charge in [0.15, 0.2) is 0 Å². The molecule has 0 atom stereocenters. The molecule has 1 N–H and O–H groups in total. The van der Waals surface area contributed by atoms with Crippen LogP contribution >= 0.6 is 12.4 Å². The lowest BCUT2D eigenvalue weighted by molar-refractivity contribution is 0.0832. The highest BCUT2D eigenvalue weighted by molar-refractivity contribution is 5.85. The lowest BCUT2D eigenvalue weighted by Gasteiger charge is -2.31. The molecule has 1 saturated heterocycles. The maximum Gasteiger partial charge on any atom is 0.410 e. The molecule has 0 radical (unpaired) electrons. The van der Waals surface area contributed by atoms with Gasteiger partial charge >= 0.3 is 6.09 Å². The molecule has 0 spiro atoms. The van der Waals surface area contributed by atoms with Gasteiger partial charge in [0.25, 0.3) is 0 Å². The SMILES string of the molecule is Cl.O=C(OCc1ccc(F)cc1)N1CCC(CNc2ncccn2)CC1. The summed E-state index contributed by atoms with van der Waals surface area (Å²) in [6.07, 6.45) is 4.91. The molecule has 1 aromatic carbocycles. The van der Waals surface area contributed by atoms with Gasteiger partial charge in [-0.25, -0.2) is 19.2 Å². The standard InChI is InChI=1S/C18H21FN4O2.ClH/c19-16-4-2-15(3-5-16)13-25-18(24)23-10-6-14(7-11-23)12-22-17-20-8-1-9-21-17;/h1-5,8-9,14H,6-7,10-13H2,(H,20,21,22);1H. The Morgan fingerprint density at radius 3 is 2.50 bits per heavy atom. The minimum absolute atomic E-state index is 0. The number of likely N-dealkylation sites (tertiary alicyclic amines) is 1. The topological polar surface area (TPSA) is 67.3 Å². The van der Waals surface area contributed by atoms with Crippen molar-refractivity contribution >= 4 is 24.4 Å². The van der Waals surface area contributed by atoms with Crippen LogP contribution in [0.2, 0.25) is 0 Å². The van der Waals surface area contributed by atoms with Crippen molar-refractivity contribution < 1.29 is 13.9 Å². The largest absolute Gasteiger partial charge is 0.445 e. The summed E-state index contributed by atoms with van der Waals surface area (Å²) in [5, 5.41) is 3.22. The number of aromatic nitrogens is 2. The van der Waals surface area contributed by atoms with Gasteiger partial charge in [0.1, 0.15) is 12.4 Å². The van der Waals surface area contributed by atoms with Crippen molar-refractivity contribution in [3.05, 3.63) is 54.1 Å². The Labute approximate surface area is 158 Å². The number of nitrogens with zero attached hydrogens (tertiary/aromatic N) is 3. The van der Waals surface area contributed by atoms with Crippen molar-refractivity contribution in [1.82, 2.24) is 14.9 Å². The van der Waals surface area contributed by atoms with Gasteiger partial charge in [-0.3, -0.25) is 0 Å². The average Bonchev–Trinajstić information content (AvgIpc) is 2.67. The van der Waals surface area contributed by atoms with E-state index in [1.54, 1.807) is 35.5 Å². The molecule has 0 bridgehead atoms. The van der Waals surface area contributed by atoms with Crippen molar-refractivity contribution in [2.45, 2.75) is 19.4 Å². The third-order valence-electron chi connectivity index (χ3n) is 4.26. The van der Waals surface area contributed by atoms with Crippen LogP contribution in [0.25, 0.3) is 0 Å². The molecule has 1 amide bonds. The number of carbonyl (C=O) groups is 1. The maximum absolute atomic E-state index is 12.9. The molecule has 140 valence electrons. The van der Waals surface area contributed by atoms with Crippen molar-refractivity contribution in [2.24, 2.45) is 5.92 Å². The number of amides is 1. The molecule has 26 heavy (non-hydrogen) atoms. The lowest BCUT2D eigenvalue weighted by atomic mass is 9.97. The molecule has 1 aliphatic rings. The fourth-order valence-corrected chi connectivity index (χ4v) is 2.76. The number of anilines is 1. The Morgan fingerprint density at radius 2 is 1.85 bits per heavy atom. The molecule has 1 fully saturated rings. The van der Waals surface area contributed by atoms with E-state index < -0.39 is 0 Å². The molecule has 8 heteroatoms. The van der Waals surface area contributed by atoms with Crippen LogP contribution in [0.4, 0.5) is 15.1 Å². The number of hydrogen-bond acceptors (Lipinski definition) is 5. The summed E-state index contributed by atoms with van der Waals surface area (Å²) in [6, 6.07) is 7.73. The van der Waals surface area contributed by atoms with Gasteiger partial charge < -0.3 is 15.0 Å². The summed E-state index contributed by atoms with van der Waals surface area (Å²) < 4.78 is 18.2. The predicted octanol–water partition coefficient (Wildman–Crippen LogP) is 3.50. The lowest BCUT2D eigenvalue weighted by Crippen LogP contribution is -2.40. The monoisotopic (exact) mass is 380 g/mol. The second-order valence-electron chi connectivity index (χ2n) is 6.06. The van der Waals surface area contributed by atoms with Crippen molar-refractivity contribution in [1.29, 1.82) is 0 Å². The van der Waals surface area contributed by atoms with Crippen LogP contribution < -0.4 is 5.32 Å². The van der Waals surface area contributed by atoms with Crippen molar-refractivity contribution in [2.75, 3.05) is 25.0 Å². The van der Waals surface area contributed by atoms with Crippen LogP contribution in [0, 0.1) is 11.7 Å². The first kappa shape index (κ1) is 19.9. The van der Waals surface area contributed by atoms with E-state index in [-0.39, 0.29) is 30.9 Å². The van der Waals surface area contributed by atoms with Crippen molar-refractivity contribution in [3.8, 4) is 0 Å². The van der Waals surface area contributed by atoms with E-state index in [0.717, 1.165) is 24.9 Å². The van der Waals surface area contributed by atoms with E-state index in [4.69, 9.17) is 4.74 Å². The molecule has 6 nitrogen and oxygen atoms in total. The predicted molar refractivity (Wildman–Crippen MR) is 98.7 cm³/mol. The van der Waals surface area contributed by atoms with Crippen LogP contribution in [0.1, 0.15) is 18.4 Å². The molecule has 0 saturated carbocycles. The zero-order valence-electron chi connectivity index (χ0n) is 14.3. The van der Waals surface area contributed by atoms with Gasteiger partial charge in [-0.05, 0) is 42.5 Å². The minimum atomic E-state index is -0.317. The van der Waals surface area contributed by atoms with E-state index in [1.165, 1.54) is 12.1 Å². The number of rotatable bonds is 5. The van der Waals surface area contributed by atoms with E-state index in [1.807, 2.05) is 0 Å². The number of piperidine rings is 1. The second kappa shape index (κ2) is 9.91. The third-order valence-corrected chi connectivity index (χ3v) is 4.26. The minimum Gasteiger partial charge on any atom is -0.445 e. The summed E-state index contributed by atoms with van der Waals surface area (Å²) in [7, 11) is 0. The molecule has 0 unspecified atom stereocenters. The first-order chi connectivity index (χ1) is 12.2. The average molecular weight is 381 g/mol. The van der Waals surface area contributed by atoms with Gasteiger partial charge in [0.05, 0.1) is 0 Å². The summed E-state index contributed by atoms with van der Waals surface area (Å²) in [6.45, 7) is 2.29. The van der Waals surface area contributed by atoms with E-state index >= 15 is 0 Å². The van der Waals surface area contributed by atoms with Gasteiger partial charge in [0, 0.05) is 32.0 Å². The number of benzene rings is 1. The highest BCUT2D eigenvalue weighted by atomic mass is 35.5. The highest BCUT2D eigenvalue weighted by Crippen LogP contribution is 2.18. The van der Waals surface area contributed by atoms with Gasteiger partial charge in [-0.15, -0.1) is 12.4 Å². The number of ether oxygens (including phenoxy) is 1. The molecule has 1 aromatic heterocycles. The Kier molecular flexibility index (Phi) is 7.59. The molecule has 3 rings (SSSR count). The van der Waals surface area contributed by atoms with Crippen LogP contribution in [-0.2, 0) is 11.3 Å². The van der Waals surface area contributed by atoms with Crippen LogP contribution in [-0.4, -0.2) is 40.6 Å². The zero-order valence-corrected chi connectivity index (χ0v) is 15.1. The first-order valence-corrected chi connectivity index (χ1v) is 8.38. The molecule has 2 aromatic rings. The Balaban J connectivity index is 0.00000243. The third kappa shape index (κ3) is 5.84. The Bertz CT molecular complexity index is 679. The van der Waals surface area contributed by atoms with Crippen molar-refractivity contribution in [3.63, 3.8) is 0 Å². The normalized spacial score (nSPS) is 14.4. The summed E-state index contributed by atoms with van der Waals surface area (Å²) in [5.74, 6) is 0.806. The fourth-order valence-electron chi connectivity index (χ4n) is 2.76. The fraction of sp³-hybridized carbons (Fsp3) is 0.389. The molecular weight excluding hydrogens is 359 g/mol. The Hall–Kier alpha value is -2.41.